The Hall–Kier alpha value is -1.64. The van der Waals surface area contributed by atoms with Gasteiger partial charge in [0, 0.05) is 19.6 Å². The monoisotopic (exact) mass is 301 g/mol. The van der Waals surface area contributed by atoms with Crippen molar-refractivity contribution < 1.29 is 9.66 Å². The summed E-state index contributed by atoms with van der Waals surface area (Å²) in [4.78, 5) is 16.2. The molecule has 8 nitrogen and oxygen atoms in total. The Morgan fingerprint density at radius 2 is 2.50 bits per heavy atom. The van der Waals surface area contributed by atoms with Crippen molar-refractivity contribution in [3.8, 4) is 0 Å². The molecule has 0 aliphatic carbocycles. The Morgan fingerprint density at radius 1 is 1.75 bits per heavy atom. The molecule has 0 spiro atoms. The summed E-state index contributed by atoms with van der Waals surface area (Å²) in [5, 5.41) is 14.4. The summed E-state index contributed by atoms with van der Waals surface area (Å²) >= 11 is 6.08. The van der Waals surface area contributed by atoms with Gasteiger partial charge in [-0.25, -0.2) is 4.98 Å². The SMILES string of the molecule is CNCC1CN(c2c(Cl)cnc(N)c2[N+](=O)[O-])CCO1. The standard InChI is InChI=1S/C11H16ClN5O3/c1-14-4-7-6-16(2-3-20-7)9-8(12)5-15-11(13)10(9)17(18)19/h5,7,14H,2-4,6H2,1H3,(H2,13,15). The van der Waals surface area contributed by atoms with Crippen molar-refractivity contribution >= 4 is 28.8 Å². The molecule has 9 heteroatoms. The van der Waals surface area contributed by atoms with Crippen molar-refractivity contribution in [2.75, 3.05) is 43.9 Å². The van der Waals surface area contributed by atoms with E-state index in [2.05, 4.69) is 10.3 Å². The first-order valence-corrected chi connectivity index (χ1v) is 6.52. The number of likely N-dealkylation sites (N-methyl/N-ethyl adjacent to an activating group) is 1. The van der Waals surface area contributed by atoms with Gasteiger partial charge in [-0.3, -0.25) is 10.1 Å². The Bertz CT molecular complexity index is 511. The molecule has 2 rings (SSSR count). The second-order valence-corrected chi connectivity index (χ2v) is 4.85. The number of nitrogens with one attached hydrogen (secondary N) is 1. The predicted octanol–water partition coefficient (Wildman–Crippen LogP) is 0.650. The molecule has 1 aliphatic heterocycles. The van der Waals surface area contributed by atoms with Gasteiger partial charge in [-0.15, -0.1) is 0 Å². The molecule has 1 atom stereocenters. The summed E-state index contributed by atoms with van der Waals surface area (Å²) in [6, 6.07) is 0. The number of rotatable bonds is 4. The summed E-state index contributed by atoms with van der Waals surface area (Å²) in [5.74, 6) is -0.133. The smallest absolute Gasteiger partial charge is 0.335 e. The third-order valence-corrected chi connectivity index (χ3v) is 3.36. The average molecular weight is 302 g/mol. The third-order valence-electron chi connectivity index (χ3n) is 3.08. The number of nitrogens with zero attached hydrogens (tertiary/aromatic N) is 3. The van der Waals surface area contributed by atoms with E-state index in [4.69, 9.17) is 22.1 Å². The molecule has 2 heterocycles. The first kappa shape index (κ1) is 14.8. The largest absolute Gasteiger partial charge is 0.378 e. The fourth-order valence-corrected chi connectivity index (χ4v) is 2.50. The molecule has 20 heavy (non-hydrogen) atoms. The minimum atomic E-state index is -0.550. The van der Waals surface area contributed by atoms with Crippen LogP contribution in [0.25, 0.3) is 0 Å². The summed E-state index contributed by atoms with van der Waals surface area (Å²) < 4.78 is 5.58. The quantitative estimate of drug-likeness (QED) is 0.621. The lowest BCUT2D eigenvalue weighted by atomic mass is 10.2. The van der Waals surface area contributed by atoms with Crippen LogP contribution in [0.15, 0.2) is 6.20 Å². The van der Waals surface area contributed by atoms with Gasteiger partial charge >= 0.3 is 5.69 Å². The molecular weight excluding hydrogens is 286 g/mol. The van der Waals surface area contributed by atoms with Gasteiger partial charge in [-0.05, 0) is 7.05 Å². The number of halogens is 1. The zero-order valence-electron chi connectivity index (χ0n) is 11.0. The third kappa shape index (κ3) is 2.92. The first-order valence-electron chi connectivity index (χ1n) is 6.14. The van der Waals surface area contributed by atoms with Gasteiger partial charge < -0.3 is 20.7 Å². The normalized spacial score (nSPS) is 19.1. The molecule has 0 radical (unpaired) electrons. The van der Waals surface area contributed by atoms with Crippen molar-refractivity contribution in [3.05, 3.63) is 21.3 Å². The first-order chi connectivity index (χ1) is 9.54. The number of pyridine rings is 1. The number of morpholine rings is 1. The highest BCUT2D eigenvalue weighted by Crippen LogP contribution is 2.39. The molecule has 0 saturated carbocycles. The van der Waals surface area contributed by atoms with Gasteiger partial charge in [-0.2, -0.15) is 0 Å². The number of nitrogens with two attached hydrogens (primary N) is 1. The van der Waals surface area contributed by atoms with Crippen LogP contribution in [0.3, 0.4) is 0 Å². The van der Waals surface area contributed by atoms with Crippen molar-refractivity contribution in [1.29, 1.82) is 0 Å². The van der Waals surface area contributed by atoms with Gasteiger partial charge in [0.1, 0.15) is 5.69 Å². The van der Waals surface area contributed by atoms with Crippen LogP contribution in [0.1, 0.15) is 0 Å². The molecule has 1 fully saturated rings. The highest BCUT2D eigenvalue weighted by atomic mass is 35.5. The number of anilines is 2. The molecule has 0 bridgehead atoms. The van der Waals surface area contributed by atoms with Crippen molar-refractivity contribution in [2.45, 2.75) is 6.10 Å². The summed E-state index contributed by atoms with van der Waals surface area (Å²) in [5.41, 5.74) is 5.68. The van der Waals surface area contributed by atoms with Crippen molar-refractivity contribution in [1.82, 2.24) is 10.3 Å². The highest BCUT2D eigenvalue weighted by Gasteiger charge is 2.30. The van der Waals surface area contributed by atoms with Crippen molar-refractivity contribution in [3.63, 3.8) is 0 Å². The molecule has 0 aromatic carbocycles. The molecule has 3 N–H and O–H groups in total. The zero-order chi connectivity index (χ0) is 14.7. The van der Waals surface area contributed by atoms with Crippen molar-refractivity contribution in [2.24, 2.45) is 0 Å². The van der Waals surface area contributed by atoms with E-state index in [1.165, 1.54) is 6.20 Å². The number of ether oxygens (including phenoxy) is 1. The number of hydrogen-bond acceptors (Lipinski definition) is 7. The van der Waals surface area contributed by atoms with Gasteiger partial charge in [-0.1, -0.05) is 11.6 Å². The maximum Gasteiger partial charge on any atom is 0.335 e. The van der Waals surface area contributed by atoms with Crippen LogP contribution in [0.5, 0.6) is 0 Å². The molecule has 1 saturated heterocycles. The molecule has 0 amide bonds. The van der Waals surface area contributed by atoms with E-state index in [1.807, 2.05) is 11.9 Å². The molecule has 1 aromatic heterocycles. The molecule has 1 aromatic rings. The van der Waals surface area contributed by atoms with Crippen LogP contribution >= 0.6 is 11.6 Å². The van der Waals surface area contributed by atoms with E-state index in [9.17, 15) is 10.1 Å². The zero-order valence-corrected chi connectivity index (χ0v) is 11.8. The van der Waals surface area contributed by atoms with Gasteiger partial charge in [0.2, 0.25) is 5.82 Å². The van der Waals surface area contributed by atoms with E-state index in [-0.39, 0.29) is 22.6 Å². The van der Waals surface area contributed by atoms with Crippen LogP contribution in [-0.2, 0) is 4.74 Å². The van der Waals surface area contributed by atoms with Crippen LogP contribution in [0.4, 0.5) is 17.2 Å². The Kier molecular flexibility index (Phi) is 4.58. The summed E-state index contributed by atoms with van der Waals surface area (Å²) in [6.45, 7) is 2.15. The maximum atomic E-state index is 11.2. The predicted molar refractivity (Wildman–Crippen MR) is 76.2 cm³/mol. The molecule has 110 valence electrons. The van der Waals surface area contributed by atoms with E-state index >= 15 is 0 Å². The van der Waals surface area contributed by atoms with E-state index in [1.54, 1.807) is 0 Å². The summed E-state index contributed by atoms with van der Waals surface area (Å²) in [6.07, 6.45) is 1.28. The highest BCUT2D eigenvalue weighted by molar-refractivity contribution is 6.33. The van der Waals surface area contributed by atoms with Gasteiger partial charge in [0.15, 0.2) is 0 Å². The fourth-order valence-electron chi connectivity index (χ4n) is 2.24. The lowest BCUT2D eigenvalue weighted by Gasteiger charge is -2.34. The van der Waals surface area contributed by atoms with Crippen LogP contribution in [0, 0.1) is 10.1 Å². The van der Waals surface area contributed by atoms with E-state index in [0.717, 1.165) is 0 Å². The van der Waals surface area contributed by atoms with Crippen LogP contribution in [0.2, 0.25) is 5.02 Å². The Balaban J connectivity index is 2.36. The van der Waals surface area contributed by atoms with E-state index in [0.29, 0.717) is 31.9 Å². The number of nitro groups is 1. The van der Waals surface area contributed by atoms with Gasteiger partial charge in [0.05, 0.1) is 28.9 Å². The Morgan fingerprint density at radius 3 is 3.15 bits per heavy atom. The summed E-state index contributed by atoms with van der Waals surface area (Å²) in [7, 11) is 1.82. The van der Waals surface area contributed by atoms with Crippen LogP contribution in [-0.4, -0.2) is 49.3 Å². The lowest BCUT2D eigenvalue weighted by molar-refractivity contribution is -0.383. The van der Waals surface area contributed by atoms with Crippen LogP contribution < -0.4 is 16.0 Å². The second-order valence-electron chi connectivity index (χ2n) is 4.44. The minimum absolute atomic E-state index is 0.0567. The van der Waals surface area contributed by atoms with E-state index < -0.39 is 4.92 Å². The number of aromatic nitrogens is 1. The minimum Gasteiger partial charge on any atom is -0.378 e. The second kappa shape index (κ2) is 6.21. The number of hydrogen-bond donors (Lipinski definition) is 2. The topological polar surface area (TPSA) is 107 Å². The average Bonchev–Trinajstić information content (AvgIpc) is 2.41. The maximum absolute atomic E-state index is 11.2. The molecule has 1 aliphatic rings. The molecular formula is C11H16ClN5O3. The fraction of sp³-hybridized carbons (Fsp3) is 0.545. The molecule has 1 unspecified atom stereocenters. The lowest BCUT2D eigenvalue weighted by Crippen LogP contribution is -2.46. The Labute approximate surface area is 121 Å². The number of nitrogen functional groups attached to an aromatic ring is 1. The van der Waals surface area contributed by atoms with Gasteiger partial charge in [0.25, 0.3) is 0 Å².